The van der Waals surface area contributed by atoms with Crippen LogP contribution in [0.5, 0.6) is 0 Å². The van der Waals surface area contributed by atoms with Gasteiger partial charge in [-0.2, -0.15) is 0 Å². The van der Waals surface area contributed by atoms with Crippen LogP contribution in [-0.4, -0.2) is 5.88 Å². The van der Waals surface area contributed by atoms with E-state index in [4.69, 9.17) is 16.0 Å². The second-order valence-corrected chi connectivity index (χ2v) is 3.74. The molecule has 0 aliphatic heterocycles. The van der Waals surface area contributed by atoms with Gasteiger partial charge in [-0.3, -0.25) is 0 Å². The summed E-state index contributed by atoms with van der Waals surface area (Å²) in [6, 6.07) is 1.96. The average molecular weight is 199 g/mol. The zero-order valence-corrected chi connectivity index (χ0v) is 9.06. The van der Waals surface area contributed by atoms with Gasteiger partial charge in [0.2, 0.25) is 0 Å². The van der Waals surface area contributed by atoms with E-state index in [-0.39, 0.29) is 0 Å². The molecule has 0 atom stereocenters. The summed E-state index contributed by atoms with van der Waals surface area (Å²) >= 11 is 5.82. The van der Waals surface area contributed by atoms with Crippen LogP contribution < -0.4 is 0 Å². The maximum absolute atomic E-state index is 5.82. The average Bonchev–Trinajstić information content (AvgIpc) is 2.46. The summed E-state index contributed by atoms with van der Waals surface area (Å²) in [4.78, 5) is 0. The summed E-state index contributed by atoms with van der Waals surface area (Å²) in [6.45, 7) is 6.29. The van der Waals surface area contributed by atoms with Gasteiger partial charge in [-0.15, -0.1) is 11.6 Å². The van der Waals surface area contributed by atoms with Crippen molar-refractivity contribution in [1.29, 1.82) is 0 Å². The van der Waals surface area contributed by atoms with E-state index < -0.39 is 0 Å². The molecule has 13 heavy (non-hydrogen) atoms. The summed E-state index contributed by atoms with van der Waals surface area (Å²) in [5.74, 6) is 1.96. The number of hydrogen-bond donors (Lipinski definition) is 0. The van der Waals surface area contributed by atoms with Crippen molar-refractivity contribution in [2.75, 3.05) is 5.88 Å². The molecule has 1 heterocycles. The van der Waals surface area contributed by atoms with Gasteiger partial charge < -0.3 is 4.42 Å². The first-order chi connectivity index (χ1) is 6.15. The first kappa shape index (κ1) is 10.4. The third-order valence-electron chi connectivity index (χ3n) is 2.11. The predicted molar refractivity (Wildman–Crippen MR) is 57.0 cm³/mol. The van der Waals surface area contributed by atoms with E-state index in [9.17, 15) is 0 Å². The number of alkyl halides is 1. The monoisotopic (exact) mass is 198 g/mol. The topological polar surface area (TPSA) is 13.1 Å². The van der Waals surface area contributed by atoms with Crippen LogP contribution in [0.25, 0.3) is 6.08 Å². The Kier molecular flexibility index (Phi) is 3.61. The van der Waals surface area contributed by atoms with Gasteiger partial charge in [0.25, 0.3) is 0 Å². The molecule has 0 N–H and O–H groups in total. The van der Waals surface area contributed by atoms with E-state index in [1.807, 2.05) is 19.1 Å². The number of aryl methyl sites for hydroxylation is 1. The molecule has 0 aromatic carbocycles. The van der Waals surface area contributed by atoms with Gasteiger partial charge in [-0.05, 0) is 36.1 Å². The molecule has 2 heteroatoms. The molecule has 1 aromatic rings. The van der Waals surface area contributed by atoms with Gasteiger partial charge >= 0.3 is 0 Å². The number of furan rings is 1. The van der Waals surface area contributed by atoms with Crippen LogP contribution in [0.4, 0.5) is 0 Å². The van der Waals surface area contributed by atoms with Gasteiger partial charge in [0.15, 0.2) is 0 Å². The molecular formula is C11H15ClO. The molecule has 1 nitrogen and oxygen atoms in total. The van der Waals surface area contributed by atoms with Crippen molar-refractivity contribution >= 4 is 17.7 Å². The maximum Gasteiger partial charge on any atom is 0.129 e. The highest BCUT2D eigenvalue weighted by Gasteiger charge is 2.04. The molecule has 0 fully saturated rings. The highest BCUT2D eigenvalue weighted by Crippen LogP contribution is 2.18. The molecule has 0 aliphatic carbocycles. The normalized spacial score (nSPS) is 12.5. The van der Waals surface area contributed by atoms with Crippen LogP contribution in [0.3, 0.4) is 0 Å². The predicted octanol–water partition coefficient (Wildman–Crippen LogP) is 3.87. The van der Waals surface area contributed by atoms with Gasteiger partial charge in [-0.1, -0.05) is 13.8 Å². The fourth-order valence-corrected chi connectivity index (χ4v) is 1.45. The fourth-order valence-electron chi connectivity index (χ4n) is 1.06. The maximum atomic E-state index is 5.82. The van der Waals surface area contributed by atoms with Crippen molar-refractivity contribution in [3.05, 3.63) is 29.2 Å². The standard InChI is InChI=1S/C11H15ClO/c1-8(2)10(7-12)6-11-9(3)4-5-13-11/h4-6,8H,7H2,1-3H3/b10-6+. The second kappa shape index (κ2) is 4.52. The van der Waals surface area contributed by atoms with Gasteiger partial charge in [0.1, 0.15) is 5.76 Å². The molecule has 0 saturated carbocycles. The second-order valence-electron chi connectivity index (χ2n) is 3.48. The molecule has 0 bridgehead atoms. The van der Waals surface area contributed by atoms with Crippen molar-refractivity contribution < 1.29 is 4.42 Å². The molecule has 0 saturated heterocycles. The van der Waals surface area contributed by atoms with Crippen LogP contribution in [0, 0.1) is 12.8 Å². The lowest BCUT2D eigenvalue weighted by Crippen LogP contribution is -1.95. The third-order valence-corrected chi connectivity index (χ3v) is 2.42. The van der Waals surface area contributed by atoms with Crippen molar-refractivity contribution in [1.82, 2.24) is 0 Å². The Morgan fingerprint density at radius 2 is 2.31 bits per heavy atom. The lowest BCUT2D eigenvalue weighted by molar-refractivity contribution is 0.553. The van der Waals surface area contributed by atoms with Crippen LogP contribution in [0.1, 0.15) is 25.2 Å². The number of halogens is 1. The van der Waals surface area contributed by atoms with Crippen LogP contribution in [-0.2, 0) is 0 Å². The lowest BCUT2D eigenvalue weighted by Gasteiger charge is -2.06. The van der Waals surface area contributed by atoms with Gasteiger partial charge in [-0.25, -0.2) is 0 Å². The Morgan fingerprint density at radius 3 is 2.69 bits per heavy atom. The van der Waals surface area contributed by atoms with E-state index in [1.165, 1.54) is 5.57 Å². The summed E-state index contributed by atoms with van der Waals surface area (Å²) < 4.78 is 5.31. The molecule has 0 spiro atoms. The summed E-state index contributed by atoms with van der Waals surface area (Å²) in [5, 5.41) is 0. The molecule has 1 aromatic heterocycles. The van der Waals surface area contributed by atoms with E-state index in [1.54, 1.807) is 6.26 Å². The Balaban J connectivity index is 2.91. The highest BCUT2D eigenvalue weighted by molar-refractivity contribution is 6.19. The van der Waals surface area contributed by atoms with Crippen LogP contribution >= 0.6 is 11.6 Å². The minimum Gasteiger partial charge on any atom is -0.465 e. The Morgan fingerprint density at radius 1 is 1.62 bits per heavy atom. The molecule has 0 amide bonds. The lowest BCUT2D eigenvalue weighted by atomic mass is 10.0. The van der Waals surface area contributed by atoms with Crippen molar-refractivity contribution in [3.8, 4) is 0 Å². The van der Waals surface area contributed by atoms with Gasteiger partial charge in [0.05, 0.1) is 6.26 Å². The first-order valence-electron chi connectivity index (χ1n) is 4.45. The zero-order chi connectivity index (χ0) is 9.84. The minimum absolute atomic E-state index is 0.474. The van der Waals surface area contributed by atoms with Gasteiger partial charge in [0, 0.05) is 5.88 Å². The van der Waals surface area contributed by atoms with Crippen molar-refractivity contribution in [2.24, 2.45) is 5.92 Å². The molecule has 0 aliphatic rings. The largest absolute Gasteiger partial charge is 0.465 e. The van der Waals surface area contributed by atoms with E-state index in [2.05, 4.69) is 13.8 Å². The van der Waals surface area contributed by atoms with Crippen molar-refractivity contribution in [3.63, 3.8) is 0 Å². The fraction of sp³-hybridized carbons (Fsp3) is 0.455. The summed E-state index contributed by atoms with van der Waals surface area (Å²) in [6.07, 6.45) is 3.74. The summed E-state index contributed by atoms with van der Waals surface area (Å²) in [7, 11) is 0. The number of allylic oxidation sites excluding steroid dienone is 1. The number of rotatable bonds is 3. The Hall–Kier alpha value is -0.690. The zero-order valence-electron chi connectivity index (χ0n) is 8.30. The van der Waals surface area contributed by atoms with E-state index in [0.717, 1.165) is 11.3 Å². The smallest absolute Gasteiger partial charge is 0.129 e. The molecule has 72 valence electrons. The molecule has 1 rings (SSSR count). The van der Waals surface area contributed by atoms with E-state index in [0.29, 0.717) is 11.8 Å². The summed E-state index contributed by atoms with van der Waals surface area (Å²) in [5.41, 5.74) is 2.36. The first-order valence-corrected chi connectivity index (χ1v) is 4.99. The SMILES string of the molecule is Cc1ccoc1/C=C(\CCl)C(C)C. The number of hydrogen-bond acceptors (Lipinski definition) is 1. The van der Waals surface area contributed by atoms with Crippen LogP contribution in [0.2, 0.25) is 0 Å². The Labute approximate surface area is 84.4 Å². The third kappa shape index (κ3) is 2.63. The highest BCUT2D eigenvalue weighted by atomic mass is 35.5. The molecule has 0 radical (unpaired) electrons. The van der Waals surface area contributed by atoms with Crippen molar-refractivity contribution in [2.45, 2.75) is 20.8 Å². The minimum atomic E-state index is 0.474. The molecular weight excluding hydrogens is 184 g/mol. The van der Waals surface area contributed by atoms with Crippen LogP contribution in [0.15, 0.2) is 22.3 Å². The molecule has 0 unspecified atom stereocenters. The Bertz CT molecular complexity index is 297. The van der Waals surface area contributed by atoms with E-state index >= 15 is 0 Å². The quantitative estimate of drug-likeness (QED) is 0.673.